The summed E-state index contributed by atoms with van der Waals surface area (Å²) >= 11 is 1.37. The maximum atomic E-state index is 10.9. The lowest BCUT2D eigenvalue weighted by Gasteiger charge is -2.09. The minimum atomic E-state index is -1.03. The van der Waals surface area contributed by atoms with Gasteiger partial charge in [0.25, 0.3) is 0 Å². The van der Waals surface area contributed by atoms with Crippen LogP contribution in [0.4, 0.5) is 5.82 Å². The first kappa shape index (κ1) is 11.2. The van der Waals surface area contributed by atoms with Crippen molar-refractivity contribution in [3.8, 4) is 0 Å². The SMILES string of the molecule is CSc1ncc(C(=O)O)c(NNC2CC2)n1. The molecule has 0 unspecified atom stereocenters. The lowest BCUT2D eigenvalue weighted by Crippen LogP contribution is -2.26. The van der Waals surface area contributed by atoms with Gasteiger partial charge >= 0.3 is 5.97 Å². The zero-order chi connectivity index (χ0) is 11.5. The number of carboxylic acid groups (broad SMARTS) is 1. The van der Waals surface area contributed by atoms with Crippen molar-refractivity contribution in [2.45, 2.75) is 24.0 Å². The van der Waals surface area contributed by atoms with E-state index < -0.39 is 5.97 Å². The third-order valence-electron chi connectivity index (χ3n) is 2.15. The van der Waals surface area contributed by atoms with Gasteiger partial charge in [0, 0.05) is 12.2 Å². The van der Waals surface area contributed by atoms with E-state index in [4.69, 9.17) is 5.11 Å². The number of thioether (sulfide) groups is 1. The van der Waals surface area contributed by atoms with Crippen LogP contribution in [0.5, 0.6) is 0 Å². The van der Waals surface area contributed by atoms with Crippen molar-refractivity contribution in [3.63, 3.8) is 0 Å². The highest BCUT2D eigenvalue weighted by Gasteiger charge is 2.22. The van der Waals surface area contributed by atoms with Gasteiger partial charge in [0.1, 0.15) is 5.56 Å². The second-order valence-electron chi connectivity index (χ2n) is 3.47. The molecule has 0 amide bonds. The number of carbonyl (C=O) groups is 1. The monoisotopic (exact) mass is 240 g/mol. The van der Waals surface area contributed by atoms with Crippen molar-refractivity contribution in [3.05, 3.63) is 11.8 Å². The summed E-state index contributed by atoms with van der Waals surface area (Å²) in [5, 5.41) is 9.50. The number of nitrogens with zero attached hydrogens (tertiary/aromatic N) is 2. The molecule has 0 saturated heterocycles. The summed E-state index contributed by atoms with van der Waals surface area (Å²) in [5.74, 6) is -0.716. The fourth-order valence-electron chi connectivity index (χ4n) is 1.11. The van der Waals surface area contributed by atoms with E-state index in [0.717, 1.165) is 12.8 Å². The van der Waals surface area contributed by atoms with Crippen molar-refractivity contribution < 1.29 is 9.90 Å². The molecular formula is C9H12N4O2S. The summed E-state index contributed by atoms with van der Waals surface area (Å²) in [7, 11) is 0. The maximum absolute atomic E-state index is 10.9. The fraction of sp³-hybridized carbons (Fsp3) is 0.444. The first-order chi connectivity index (χ1) is 7.70. The van der Waals surface area contributed by atoms with E-state index in [-0.39, 0.29) is 5.56 Å². The van der Waals surface area contributed by atoms with Crippen LogP contribution in [-0.2, 0) is 0 Å². The van der Waals surface area contributed by atoms with Crippen LogP contribution < -0.4 is 10.9 Å². The van der Waals surface area contributed by atoms with Crippen LogP contribution in [-0.4, -0.2) is 33.3 Å². The minimum absolute atomic E-state index is 0.0750. The number of hydrogen-bond acceptors (Lipinski definition) is 6. The van der Waals surface area contributed by atoms with Gasteiger partial charge in [0.15, 0.2) is 11.0 Å². The predicted octanol–water partition coefficient (Wildman–Crippen LogP) is 0.976. The van der Waals surface area contributed by atoms with Gasteiger partial charge in [-0.3, -0.25) is 0 Å². The summed E-state index contributed by atoms with van der Waals surface area (Å²) in [6, 6.07) is 0.425. The van der Waals surface area contributed by atoms with Crippen LogP contribution in [0.2, 0.25) is 0 Å². The van der Waals surface area contributed by atoms with Crippen LogP contribution in [0.25, 0.3) is 0 Å². The lowest BCUT2D eigenvalue weighted by atomic mass is 10.3. The number of aromatic nitrogens is 2. The Balaban J connectivity index is 2.18. The van der Waals surface area contributed by atoms with Crippen molar-refractivity contribution in [2.24, 2.45) is 0 Å². The smallest absolute Gasteiger partial charge is 0.341 e. The lowest BCUT2D eigenvalue weighted by molar-refractivity contribution is 0.0697. The van der Waals surface area contributed by atoms with Crippen molar-refractivity contribution in [1.29, 1.82) is 0 Å². The molecule has 86 valence electrons. The molecule has 0 spiro atoms. The Hall–Kier alpha value is -1.34. The van der Waals surface area contributed by atoms with Gasteiger partial charge in [0.05, 0.1) is 0 Å². The summed E-state index contributed by atoms with van der Waals surface area (Å²) in [6.45, 7) is 0. The molecule has 0 bridgehead atoms. The molecule has 1 aromatic rings. The molecule has 0 aliphatic heterocycles. The molecule has 1 aliphatic carbocycles. The second-order valence-corrected chi connectivity index (χ2v) is 4.24. The summed E-state index contributed by atoms with van der Waals surface area (Å²) in [6.07, 6.45) is 5.37. The third-order valence-corrected chi connectivity index (χ3v) is 2.71. The molecule has 1 fully saturated rings. The van der Waals surface area contributed by atoms with E-state index in [0.29, 0.717) is 17.0 Å². The number of anilines is 1. The highest BCUT2D eigenvalue weighted by atomic mass is 32.2. The zero-order valence-corrected chi connectivity index (χ0v) is 9.54. The van der Waals surface area contributed by atoms with Crippen molar-refractivity contribution >= 4 is 23.5 Å². The topological polar surface area (TPSA) is 87.1 Å². The molecule has 0 aromatic carbocycles. The standard InChI is InChI=1S/C9H12N4O2S/c1-16-9-10-4-6(8(14)15)7(11-9)13-12-5-2-3-5/h4-5,12H,2-3H2,1H3,(H,14,15)(H,10,11,13). The predicted molar refractivity (Wildman–Crippen MR) is 60.6 cm³/mol. The Morgan fingerprint density at radius 1 is 1.62 bits per heavy atom. The van der Waals surface area contributed by atoms with E-state index in [1.165, 1.54) is 18.0 Å². The van der Waals surface area contributed by atoms with E-state index in [2.05, 4.69) is 20.8 Å². The average Bonchev–Trinajstić information content (AvgIpc) is 3.09. The molecule has 16 heavy (non-hydrogen) atoms. The van der Waals surface area contributed by atoms with Gasteiger partial charge < -0.3 is 10.5 Å². The Bertz CT molecular complexity index is 408. The molecule has 1 aromatic heterocycles. The highest BCUT2D eigenvalue weighted by Crippen LogP contribution is 2.20. The van der Waals surface area contributed by atoms with E-state index in [1.54, 1.807) is 0 Å². The Morgan fingerprint density at radius 2 is 2.38 bits per heavy atom. The Labute approximate surface area is 96.8 Å². The largest absolute Gasteiger partial charge is 0.477 e. The minimum Gasteiger partial charge on any atom is -0.477 e. The normalized spacial score (nSPS) is 14.8. The van der Waals surface area contributed by atoms with Crippen LogP contribution in [0.15, 0.2) is 11.4 Å². The van der Waals surface area contributed by atoms with E-state index >= 15 is 0 Å². The molecule has 1 saturated carbocycles. The first-order valence-electron chi connectivity index (χ1n) is 4.86. The highest BCUT2D eigenvalue weighted by molar-refractivity contribution is 7.98. The van der Waals surface area contributed by atoms with Crippen LogP contribution >= 0.6 is 11.8 Å². The number of hydrazine groups is 1. The summed E-state index contributed by atoms with van der Waals surface area (Å²) < 4.78 is 0. The fourth-order valence-corrected chi connectivity index (χ4v) is 1.45. The number of hydrogen-bond donors (Lipinski definition) is 3. The maximum Gasteiger partial charge on any atom is 0.341 e. The molecule has 1 aliphatic rings. The summed E-state index contributed by atoms with van der Waals surface area (Å²) in [5.41, 5.74) is 5.92. The van der Waals surface area contributed by atoms with E-state index in [9.17, 15) is 4.79 Å². The van der Waals surface area contributed by atoms with Gasteiger partial charge in [-0.15, -0.1) is 0 Å². The molecule has 2 rings (SSSR count). The second kappa shape index (κ2) is 4.67. The molecular weight excluding hydrogens is 228 g/mol. The Kier molecular flexibility index (Phi) is 3.25. The first-order valence-corrected chi connectivity index (χ1v) is 6.09. The average molecular weight is 240 g/mol. The van der Waals surface area contributed by atoms with Crippen molar-refractivity contribution in [2.75, 3.05) is 11.7 Å². The van der Waals surface area contributed by atoms with Gasteiger partial charge in [0.2, 0.25) is 0 Å². The van der Waals surface area contributed by atoms with Crippen LogP contribution in [0.1, 0.15) is 23.2 Å². The van der Waals surface area contributed by atoms with E-state index in [1.807, 2.05) is 6.26 Å². The summed E-state index contributed by atoms with van der Waals surface area (Å²) in [4.78, 5) is 19.0. The van der Waals surface area contributed by atoms with Gasteiger partial charge in [-0.2, -0.15) is 0 Å². The molecule has 0 radical (unpaired) electrons. The third kappa shape index (κ3) is 2.61. The molecule has 0 atom stereocenters. The van der Waals surface area contributed by atoms with Crippen LogP contribution in [0, 0.1) is 0 Å². The molecule has 3 N–H and O–H groups in total. The van der Waals surface area contributed by atoms with Gasteiger partial charge in [-0.25, -0.2) is 20.2 Å². The van der Waals surface area contributed by atoms with Crippen molar-refractivity contribution in [1.82, 2.24) is 15.4 Å². The molecule has 7 heteroatoms. The number of aromatic carboxylic acids is 1. The number of rotatable bonds is 5. The van der Waals surface area contributed by atoms with Crippen LogP contribution in [0.3, 0.4) is 0 Å². The number of carboxylic acids is 1. The molecule has 1 heterocycles. The molecule has 6 nitrogen and oxygen atoms in total. The van der Waals surface area contributed by atoms with Gasteiger partial charge in [-0.1, -0.05) is 11.8 Å². The zero-order valence-electron chi connectivity index (χ0n) is 8.73. The quantitative estimate of drug-likeness (QED) is 0.401. The van der Waals surface area contributed by atoms with Gasteiger partial charge in [-0.05, 0) is 19.1 Å². The number of nitrogens with one attached hydrogen (secondary N) is 2. The Morgan fingerprint density at radius 3 is 2.94 bits per heavy atom.